The summed E-state index contributed by atoms with van der Waals surface area (Å²) in [6.07, 6.45) is -1.21. The van der Waals surface area contributed by atoms with Crippen LogP contribution in [-0.2, 0) is 4.74 Å². The Kier molecular flexibility index (Phi) is 4.91. The van der Waals surface area contributed by atoms with Gasteiger partial charge in [-0.2, -0.15) is 0 Å². The van der Waals surface area contributed by atoms with Crippen molar-refractivity contribution in [3.8, 4) is 5.75 Å². The van der Waals surface area contributed by atoms with Crippen molar-refractivity contribution in [3.63, 3.8) is 0 Å². The smallest absolute Gasteiger partial charge is 0.286 e. The molecule has 0 N–H and O–H groups in total. The van der Waals surface area contributed by atoms with Crippen molar-refractivity contribution < 1.29 is 18.3 Å². The number of ether oxygens (including phenoxy) is 2. The predicted octanol–water partition coefficient (Wildman–Crippen LogP) is 3.45. The highest BCUT2D eigenvalue weighted by molar-refractivity contribution is 14.1. The summed E-state index contributed by atoms with van der Waals surface area (Å²) in [5.74, 6) is -2.24. The van der Waals surface area contributed by atoms with Gasteiger partial charge in [0.2, 0.25) is 0 Å². The second-order valence-corrected chi connectivity index (χ2v) is 4.05. The van der Waals surface area contributed by atoms with Gasteiger partial charge in [-0.1, -0.05) is 34.7 Å². The zero-order chi connectivity index (χ0) is 12.2. The van der Waals surface area contributed by atoms with Crippen molar-refractivity contribution in [2.24, 2.45) is 0 Å². The van der Waals surface area contributed by atoms with E-state index in [0.29, 0.717) is 11.3 Å². The molecule has 90 valence electrons. The molecule has 0 heterocycles. The van der Waals surface area contributed by atoms with E-state index in [-0.39, 0.29) is 4.43 Å². The highest BCUT2D eigenvalue weighted by Gasteiger charge is 2.39. The molecular formula is C11H13F2IO2. The molecule has 0 spiro atoms. The number of alkyl halides is 3. The Labute approximate surface area is 107 Å². The van der Waals surface area contributed by atoms with Gasteiger partial charge in [0, 0.05) is 7.11 Å². The zero-order valence-corrected chi connectivity index (χ0v) is 11.2. The summed E-state index contributed by atoms with van der Waals surface area (Å²) in [7, 11) is 2.82. The fourth-order valence-electron chi connectivity index (χ4n) is 1.40. The van der Waals surface area contributed by atoms with Gasteiger partial charge in [-0.25, -0.2) is 8.78 Å². The van der Waals surface area contributed by atoms with Gasteiger partial charge in [0.1, 0.15) is 11.9 Å². The van der Waals surface area contributed by atoms with Gasteiger partial charge in [-0.3, -0.25) is 0 Å². The average molecular weight is 342 g/mol. The molecule has 1 atom stereocenters. The fraction of sp³-hybridized carbons (Fsp3) is 0.455. The number of hydrogen-bond donors (Lipinski definition) is 0. The van der Waals surface area contributed by atoms with Crippen LogP contribution in [0.15, 0.2) is 24.3 Å². The van der Waals surface area contributed by atoms with E-state index >= 15 is 0 Å². The summed E-state index contributed by atoms with van der Waals surface area (Å²) < 4.78 is 36.6. The van der Waals surface area contributed by atoms with Gasteiger partial charge in [0.05, 0.1) is 11.5 Å². The Balaban J connectivity index is 2.95. The molecule has 2 nitrogen and oxygen atoms in total. The summed E-state index contributed by atoms with van der Waals surface area (Å²) in [5.41, 5.74) is 0.449. The molecule has 0 aromatic heterocycles. The molecule has 0 aliphatic carbocycles. The van der Waals surface area contributed by atoms with E-state index < -0.39 is 12.0 Å². The molecule has 0 saturated carbocycles. The minimum absolute atomic E-state index is 0.282. The largest absolute Gasteiger partial charge is 0.497 e. The maximum absolute atomic E-state index is 13.5. The van der Waals surface area contributed by atoms with Gasteiger partial charge in [0.15, 0.2) is 0 Å². The van der Waals surface area contributed by atoms with Gasteiger partial charge in [-0.15, -0.1) is 0 Å². The first kappa shape index (κ1) is 13.6. The van der Waals surface area contributed by atoms with Crippen molar-refractivity contribution in [1.82, 2.24) is 0 Å². The van der Waals surface area contributed by atoms with Crippen molar-refractivity contribution in [3.05, 3.63) is 29.8 Å². The van der Waals surface area contributed by atoms with Crippen molar-refractivity contribution in [2.75, 3.05) is 18.6 Å². The molecule has 0 radical (unpaired) electrons. The normalized spacial score (nSPS) is 13.6. The van der Waals surface area contributed by atoms with Crippen LogP contribution in [0.3, 0.4) is 0 Å². The minimum Gasteiger partial charge on any atom is -0.497 e. The molecule has 1 aromatic rings. The number of benzene rings is 1. The van der Waals surface area contributed by atoms with Crippen LogP contribution in [0.4, 0.5) is 8.78 Å². The van der Waals surface area contributed by atoms with Gasteiger partial charge < -0.3 is 9.47 Å². The highest BCUT2D eigenvalue weighted by atomic mass is 127. The van der Waals surface area contributed by atoms with Crippen LogP contribution in [0, 0.1) is 0 Å². The van der Waals surface area contributed by atoms with E-state index in [2.05, 4.69) is 0 Å². The number of methoxy groups -OCH3 is 2. The van der Waals surface area contributed by atoms with Crippen molar-refractivity contribution in [1.29, 1.82) is 0 Å². The molecule has 1 rings (SSSR count). The molecule has 1 aromatic carbocycles. The van der Waals surface area contributed by atoms with E-state index in [4.69, 9.17) is 9.47 Å². The molecule has 5 heteroatoms. The second-order valence-electron chi connectivity index (χ2n) is 3.28. The molecular weight excluding hydrogens is 329 g/mol. The zero-order valence-electron chi connectivity index (χ0n) is 9.04. The lowest BCUT2D eigenvalue weighted by Crippen LogP contribution is -2.29. The van der Waals surface area contributed by atoms with Crippen LogP contribution in [0.5, 0.6) is 5.75 Å². The molecule has 0 aliphatic rings. The van der Waals surface area contributed by atoms with Crippen LogP contribution < -0.4 is 4.74 Å². The Bertz CT molecular complexity index is 327. The summed E-state index contributed by atoms with van der Waals surface area (Å²) in [6, 6.07) is 6.47. The lowest BCUT2D eigenvalue weighted by Gasteiger charge is -2.24. The molecule has 0 fully saturated rings. The third-order valence-electron chi connectivity index (χ3n) is 2.22. The maximum atomic E-state index is 13.5. The molecule has 16 heavy (non-hydrogen) atoms. The van der Waals surface area contributed by atoms with E-state index in [1.54, 1.807) is 46.9 Å². The van der Waals surface area contributed by atoms with Crippen LogP contribution in [0.1, 0.15) is 11.7 Å². The molecule has 0 amide bonds. The summed E-state index contributed by atoms with van der Waals surface area (Å²) >= 11 is 1.65. The SMILES string of the molecule is COc1ccc(C(OC)C(F)(F)CI)cc1. The molecule has 0 saturated heterocycles. The van der Waals surface area contributed by atoms with E-state index in [1.807, 2.05) is 0 Å². The Morgan fingerprint density at radius 3 is 2.19 bits per heavy atom. The second kappa shape index (κ2) is 5.77. The number of hydrogen-bond acceptors (Lipinski definition) is 2. The first-order valence-corrected chi connectivity index (χ1v) is 6.18. The van der Waals surface area contributed by atoms with Crippen molar-refractivity contribution >= 4 is 22.6 Å². The Morgan fingerprint density at radius 2 is 1.81 bits per heavy atom. The Morgan fingerprint density at radius 1 is 1.25 bits per heavy atom. The average Bonchev–Trinajstić information content (AvgIpc) is 2.30. The maximum Gasteiger partial charge on any atom is 0.286 e. The monoisotopic (exact) mass is 342 g/mol. The third-order valence-corrected chi connectivity index (χ3v) is 3.23. The summed E-state index contributed by atoms with van der Waals surface area (Å²) in [4.78, 5) is 0. The first-order valence-electron chi connectivity index (χ1n) is 4.65. The topological polar surface area (TPSA) is 18.5 Å². The molecule has 1 unspecified atom stereocenters. The van der Waals surface area contributed by atoms with Crippen LogP contribution in [0.2, 0.25) is 0 Å². The lowest BCUT2D eigenvalue weighted by atomic mass is 10.0. The predicted molar refractivity (Wildman–Crippen MR) is 66.6 cm³/mol. The van der Waals surface area contributed by atoms with Gasteiger partial charge >= 0.3 is 0 Å². The van der Waals surface area contributed by atoms with Crippen molar-refractivity contribution in [2.45, 2.75) is 12.0 Å². The van der Waals surface area contributed by atoms with E-state index in [1.165, 1.54) is 14.2 Å². The highest BCUT2D eigenvalue weighted by Crippen LogP contribution is 2.36. The fourth-order valence-corrected chi connectivity index (χ4v) is 1.80. The Hall–Kier alpha value is -0.430. The number of halogens is 3. The lowest BCUT2D eigenvalue weighted by molar-refractivity contribution is -0.107. The van der Waals surface area contributed by atoms with Crippen LogP contribution in [0.25, 0.3) is 0 Å². The molecule has 0 aliphatic heterocycles. The first-order chi connectivity index (χ1) is 7.55. The third kappa shape index (κ3) is 3.04. The summed E-state index contributed by atoms with van der Waals surface area (Å²) in [6.45, 7) is 0. The van der Waals surface area contributed by atoms with Crippen LogP contribution >= 0.6 is 22.6 Å². The quantitative estimate of drug-likeness (QED) is 0.603. The van der Waals surface area contributed by atoms with E-state index in [0.717, 1.165) is 0 Å². The summed E-state index contributed by atoms with van der Waals surface area (Å²) in [5, 5.41) is 0. The molecule has 0 bridgehead atoms. The number of rotatable bonds is 5. The van der Waals surface area contributed by atoms with Gasteiger partial charge in [0.25, 0.3) is 5.92 Å². The van der Waals surface area contributed by atoms with E-state index in [9.17, 15) is 8.78 Å². The van der Waals surface area contributed by atoms with Crippen LogP contribution in [-0.4, -0.2) is 24.6 Å². The van der Waals surface area contributed by atoms with Gasteiger partial charge in [-0.05, 0) is 17.7 Å². The standard InChI is InChI=1S/C11H13F2IO2/c1-15-9-5-3-8(4-6-9)10(16-2)11(12,13)7-14/h3-6,10H,7H2,1-2H3. The minimum atomic E-state index is -2.87.